The molecule has 0 radical (unpaired) electrons. The van der Waals surface area contributed by atoms with Crippen LogP contribution in [0.4, 0.5) is 11.4 Å². The monoisotopic (exact) mass is 493 g/mol. The lowest BCUT2D eigenvalue weighted by molar-refractivity contribution is 0.0858. The molecule has 1 fully saturated rings. The van der Waals surface area contributed by atoms with Gasteiger partial charge in [-0.15, -0.1) is 0 Å². The summed E-state index contributed by atoms with van der Waals surface area (Å²) in [6.07, 6.45) is 1.89. The van der Waals surface area contributed by atoms with Crippen molar-refractivity contribution < 1.29 is 22.7 Å². The molecule has 4 rings (SSSR count). The molecule has 35 heavy (non-hydrogen) atoms. The Hall–Kier alpha value is -3.69. The number of carbonyl (C=O) groups excluding carboxylic acids is 2. The maximum Gasteiger partial charge on any atom is 0.261 e. The van der Waals surface area contributed by atoms with Crippen molar-refractivity contribution in [3.8, 4) is 0 Å². The summed E-state index contributed by atoms with van der Waals surface area (Å²) < 4.78 is 33.4. The summed E-state index contributed by atoms with van der Waals surface area (Å²) >= 11 is 0. The molecule has 182 valence electrons. The molecule has 3 N–H and O–H groups in total. The predicted molar refractivity (Wildman–Crippen MR) is 134 cm³/mol. The molecular weight excluding hydrogens is 466 g/mol. The lowest BCUT2D eigenvalue weighted by Crippen LogP contribution is -2.32. The number of sulfonamides is 1. The normalized spacial score (nSPS) is 15.4. The van der Waals surface area contributed by atoms with E-state index in [2.05, 4.69) is 15.4 Å². The Balaban J connectivity index is 1.46. The van der Waals surface area contributed by atoms with Crippen LogP contribution in [0.25, 0.3) is 0 Å². The van der Waals surface area contributed by atoms with Gasteiger partial charge in [-0.2, -0.15) is 0 Å². The van der Waals surface area contributed by atoms with Gasteiger partial charge < -0.3 is 15.4 Å². The SMILES string of the molecule is Cc1ccc(S(=O)(=O)Nc2cccc(C(=O)Nc3ccccc3C(=O)NC[C@H]3CCCO3)c2)cc1. The molecule has 0 bridgehead atoms. The largest absolute Gasteiger partial charge is 0.376 e. The third-order valence-electron chi connectivity index (χ3n) is 5.64. The summed E-state index contributed by atoms with van der Waals surface area (Å²) in [7, 11) is -3.81. The van der Waals surface area contributed by atoms with Gasteiger partial charge in [0, 0.05) is 24.4 Å². The molecule has 3 aromatic carbocycles. The Labute approximate surface area is 204 Å². The van der Waals surface area contributed by atoms with Gasteiger partial charge in [0.25, 0.3) is 21.8 Å². The molecule has 0 saturated carbocycles. The number of amides is 2. The van der Waals surface area contributed by atoms with Crippen molar-refractivity contribution in [2.24, 2.45) is 0 Å². The number of hydrogen-bond acceptors (Lipinski definition) is 5. The van der Waals surface area contributed by atoms with Crippen molar-refractivity contribution in [2.45, 2.75) is 30.8 Å². The van der Waals surface area contributed by atoms with Crippen molar-refractivity contribution in [1.29, 1.82) is 0 Å². The Kier molecular flexibility index (Phi) is 7.48. The zero-order valence-corrected chi connectivity index (χ0v) is 20.1. The number of rotatable bonds is 8. The topological polar surface area (TPSA) is 114 Å². The van der Waals surface area contributed by atoms with Gasteiger partial charge >= 0.3 is 0 Å². The third kappa shape index (κ3) is 6.26. The minimum Gasteiger partial charge on any atom is -0.376 e. The van der Waals surface area contributed by atoms with Crippen LogP contribution >= 0.6 is 0 Å². The molecule has 1 aliphatic rings. The smallest absolute Gasteiger partial charge is 0.261 e. The number of ether oxygens (including phenoxy) is 1. The van der Waals surface area contributed by atoms with E-state index in [0.29, 0.717) is 24.4 Å². The Morgan fingerprint density at radius 3 is 2.49 bits per heavy atom. The van der Waals surface area contributed by atoms with Gasteiger partial charge in [0.15, 0.2) is 0 Å². The van der Waals surface area contributed by atoms with Gasteiger partial charge in [-0.3, -0.25) is 14.3 Å². The van der Waals surface area contributed by atoms with Crippen LogP contribution in [0.5, 0.6) is 0 Å². The van der Waals surface area contributed by atoms with Crippen molar-refractivity contribution in [2.75, 3.05) is 23.2 Å². The molecule has 1 aliphatic heterocycles. The second kappa shape index (κ2) is 10.7. The van der Waals surface area contributed by atoms with E-state index in [4.69, 9.17) is 4.74 Å². The first kappa shape index (κ1) is 24.4. The van der Waals surface area contributed by atoms with Crippen molar-refractivity contribution >= 4 is 33.2 Å². The number of benzene rings is 3. The molecule has 0 aromatic heterocycles. The predicted octanol–water partition coefficient (Wildman–Crippen LogP) is 3.96. The second-order valence-corrected chi connectivity index (χ2v) is 10.0. The molecule has 1 heterocycles. The number of nitrogens with one attached hydrogen (secondary N) is 3. The number of para-hydroxylation sites is 1. The van der Waals surface area contributed by atoms with Gasteiger partial charge in [-0.05, 0) is 62.2 Å². The van der Waals surface area contributed by atoms with Crippen molar-refractivity contribution in [3.63, 3.8) is 0 Å². The highest BCUT2D eigenvalue weighted by molar-refractivity contribution is 7.92. The van der Waals surface area contributed by atoms with Crippen LogP contribution in [0.2, 0.25) is 0 Å². The molecule has 3 aromatic rings. The standard InChI is InChI=1S/C26H27N3O5S/c1-18-11-13-22(14-12-18)35(32,33)29-20-7-4-6-19(16-20)25(30)28-24-10-3-2-9-23(24)26(31)27-17-21-8-5-15-34-21/h2-4,6-7,9-14,16,21,29H,5,8,15,17H2,1H3,(H,27,31)(H,28,30)/t21-/m1/s1. The number of carbonyl (C=O) groups is 2. The van der Waals surface area contributed by atoms with Crippen LogP contribution in [0.3, 0.4) is 0 Å². The molecule has 0 unspecified atom stereocenters. The number of anilines is 2. The van der Waals surface area contributed by atoms with Crippen LogP contribution in [-0.4, -0.2) is 39.5 Å². The Morgan fingerprint density at radius 2 is 1.74 bits per heavy atom. The minimum atomic E-state index is -3.81. The first-order chi connectivity index (χ1) is 16.8. The minimum absolute atomic E-state index is 0.00660. The molecule has 1 saturated heterocycles. The summed E-state index contributed by atoms with van der Waals surface area (Å²) in [5, 5.41) is 5.61. The average molecular weight is 494 g/mol. The number of aryl methyl sites for hydroxylation is 1. The summed E-state index contributed by atoms with van der Waals surface area (Å²) in [6, 6.07) is 19.4. The molecule has 2 amide bonds. The van der Waals surface area contributed by atoms with Crippen molar-refractivity contribution in [1.82, 2.24) is 5.32 Å². The molecule has 1 atom stereocenters. The maximum atomic E-state index is 12.9. The van der Waals surface area contributed by atoms with E-state index in [1.165, 1.54) is 18.2 Å². The second-order valence-electron chi connectivity index (χ2n) is 8.34. The quantitative estimate of drug-likeness (QED) is 0.440. The first-order valence-electron chi connectivity index (χ1n) is 11.3. The van der Waals surface area contributed by atoms with E-state index in [9.17, 15) is 18.0 Å². The maximum absolute atomic E-state index is 12.9. The fourth-order valence-electron chi connectivity index (χ4n) is 3.75. The highest BCUT2D eigenvalue weighted by atomic mass is 32.2. The zero-order chi connectivity index (χ0) is 24.8. The summed E-state index contributed by atoms with van der Waals surface area (Å²) in [5.41, 5.74) is 2.12. The van der Waals surface area contributed by atoms with E-state index >= 15 is 0 Å². The van der Waals surface area contributed by atoms with E-state index < -0.39 is 15.9 Å². The van der Waals surface area contributed by atoms with Crippen LogP contribution in [0.15, 0.2) is 77.7 Å². The molecule has 9 heteroatoms. The lowest BCUT2D eigenvalue weighted by atomic mass is 10.1. The molecule has 8 nitrogen and oxygen atoms in total. The van der Waals surface area contributed by atoms with Crippen LogP contribution in [-0.2, 0) is 14.8 Å². The van der Waals surface area contributed by atoms with Crippen LogP contribution in [0, 0.1) is 6.92 Å². The fraction of sp³-hybridized carbons (Fsp3) is 0.231. The van der Waals surface area contributed by atoms with E-state index in [0.717, 1.165) is 18.4 Å². The lowest BCUT2D eigenvalue weighted by Gasteiger charge is -2.14. The van der Waals surface area contributed by atoms with Crippen molar-refractivity contribution in [3.05, 3.63) is 89.5 Å². The summed E-state index contributed by atoms with van der Waals surface area (Å²) in [6.45, 7) is 2.98. The van der Waals surface area contributed by atoms with Gasteiger partial charge in [0.2, 0.25) is 0 Å². The summed E-state index contributed by atoms with van der Waals surface area (Å²) in [4.78, 5) is 25.8. The molecular formula is C26H27N3O5S. The van der Waals surface area contributed by atoms with Gasteiger partial charge in [0.1, 0.15) is 0 Å². The highest BCUT2D eigenvalue weighted by Crippen LogP contribution is 2.20. The molecule has 0 spiro atoms. The third-order valence-corrected chi connectivity index (χ3v) is 7.04. The fourth-order valence-corrected chi connectivity index (χ4v) is 4.80. The Morgan fingerprint density at radius 1 is 0.971 bits per heavy atom. The van der Waals surface area contributed by atoms with Crippen LogP contribution < -0.4 is 15.4 Å². The van der Waals surface area contributed by atoms with E-state index in [-0.39, 0.29) is 28.2 Å². The molecule has 0 aliphatic carbocycles. The van der Waals surface area contributed by atoms with E-state index in [1.807, 2.05) is 6.92 Å². The van der Waals surface area contributed by atoms with Gasteiger partial charge in [0.05, 0.1) is 22.3 Å². The van der Waals surface area contributed by atoms with E-state index in [1.54, 1.807) is 54.6 Å². The Bertz CT molecular complexity index is 1320. The summed E-state index contributed by atoms with van der Waals surface area (Å²) in [5.74, 6) is -0.781. The average Bonchev–Trinajstić information content (AvgIpc) is 3.37. The van der Waals surface area contributed by atoms with Crippen LogP contribution in [0.1, 0.15) is 39.1 Å². The number of hydrogen-bond donors (Lipinski definition) is 3. The zero-order valence-electron chi connectivity index (χ0n) is 19.3. The highest BCUT2D eigenvalue weighted by Gasteiger charge is 2.19. The first-order valence-corrected chi connectivity index (χ1v) is 12.8. The van der Waals surface area contributed by atoms with Gasteiger partial charge in [-0.25, -0.2) is 8.42 Å². The van der Waals surface area contributed by atoms with Gasteiger partial charge in [-0.1, -0.05) is 35.9 Å².